The predicted molar refractivity (Wildman–Crippen MR) is 80.2 cm³/mol. The fourth-order valence-corrected chi connectivity index (χ4v) is 1.71. The molecule has 0 radical (unpaired) electrons. The minimum Gasteiger partial charge on any atom is -0.341 e. The van der Waals surface area contributed by atoms with Crippen molar-refractivity contribution in [2.45, 2.75) is 0 Å². The van der Waals surface area contributed by atoms with Gasteiger partial charge in [0, 0.05) is 7.05 Å². The van der Waals surface area contributed by atoms with Crippen LogP contribution in [0.3, 0.4) is 0 Å². The van der Waals surface area contributed by atoms with Gasteiger partial charge in [0.2, 0.25) is 11.8 Å². The minimum atomic E-state index is -0.589. The van der Waals surface area contributed by atoms with Crippen molar-refractivity contribution in [1.29, 1.82) is 0 Å². The Labute approximate surface area is 127 Å². The molecule has 1 aromatic carbocycles. The van der Waals surface area contributed by atoms with Crippen LogP contribution in [0, 0.1) is 0 Å². The molecule has 8 heteroatoms. The zero-order valence-electron chi connectivity index (χ0n) is 11.8. The Morgan fingerprint density at radius 3 is 2.38 bits per heavy atom. The monoisotopic (exact) mass is 312 g/mol. The molecule has 0 spiro atoms. The van der Waals surface area contributed by atoms with Crippen LogP contribution >= 0.6 is 11.6 Å². The van der Waals surface area contributed by atoms with Crippen LogP contribution < -0.4 is 16.0 Å². The van der Waals surface area contributed by atoms with Crippen LogP contribution in [0.5, 0.6) is 0 Å². The largest absolute Gasteiger partial charge is 0.341 e. The van der Waals surface area contributed by atoms with E-state index in [1.54, 1.807) is 31.3 Å². The average Bonchev–Trinajstić information content (AvgIpc) is 2.40. The van der Waals surface area contributed by atoms with Gasteiger partial charge >= 0.3 is 6.03 Å². The van der Waals surface area contributed by atoms with E-state index in [-0.39, 0.29) is 19.0 Å². The van der Waals surface area contributed by atoms with Gasteiger partial charge in [0.1, 0.15) is 0 Å². The first-order chi connectivity index (χ1) is 9.92. The van der Waals surface area contributed by atoms with E-state index in [9.17, 15) is 14.4 Å². The van der Waals surface area contributed by atoms with E-state index in [0.29, 0.717) is 10.7 Å². The fourth-order valence-electron chi connectivity index (χ4n) is 1.53. The molecule has 0 saturated heterocycles. The second kappa shape index (κ2) is 8.23. The molecular weight excluding hydrogens is 296 g/mol. The zero-order valence-corrected chi connectivity index (χ0v) is 12.5. The Morgan fingerprint density at radius 1 is 1.14 bits per heavy atom. The Kier molecular flexibility index (Phi) is 6.64. The minimum absolute atomic E-state index is 0.00755. The highest BCUT2D eigenvalue weighted by atomic mass is 35.5. The molecule has 0 heterocycles. The van der Waals surface area contributed by atoms with Crippen LogP contribution in [-0.4, -0.2) is 49.9 Å². The molecule has 0 aliphatic rings. The summed E-state index contributed by atoms with van der Waals surface area (Å²) in [6.07, 6.45) is 0. The van der Waals surface area contributed by atoms with Crippen LogP contribution in [0.15, 0.2) is 24.3 Å². The number of hydrogen-bond donors (Lipinski definition) is 3. The van der Waals surface area contributed by atoms with Gasteiger partial charge in [0.05, 0.1) is 23.8 Å². The summed E-state index contributed by atoms with van der Waals surface area (Å²) < 4.78 is 0. The topological polar surface area (TPSA) is 90.5 Å². The van der Waals surface area contributed by atoms with Crippen LogP contribution in [0.2, 0.25) is 5.02 Å². The number of rotatable bonds is 5. The molecule has 1 rings (SSSR count). The molecule has 1 aromatic rings. The first-order valence-corrected chi connectivity index (χ1v) is 6.54. The van der Waals surface area contributed by atoms with Gasteiger partial charge in [-0.25, -0.2) is 4.79 Å². The molecule has 0 saturated carbocycles. The van der Waals surface area contributed by atoms with Crippen LogP contribution in [0.25, 0.3) is 0 Å². The van der Waals surface area contributed by atoms with E-state index in [1.807, 2.05) is 0 Å². The number of nitrogens with one attached hydrogen (secondary N) is 3. The summed E-state index contributed by atoms with van der Waals surface area (Å²) in [6, 6.07) is 6.26. The van der Waals surface area contributed by atoms with Crippen molar-refractivity contribution >= 4 is 35.1 Å². The predicted octanol–water partition coefficient (Wildman–Crippen LogP) is 0.666. The highest BCUT2D eigenvalue weighted by Gasteiger charge is 2.13. The Hall–Kier alpha value is -2.12. The number of carbonyl (C=O) groups is 3. The summed E-state index contributed by atoms with van der Waals surface area (Å²) in [7, 11) is 3.00. The van der Waals surface area contributed by atoms with Gasteiger partial charge in [-0.2, -0.15) is 0 Å². The first-order valence-electron chi connectivity index (χ1n) is 6.17. The summed E-state index contributed by atoms with van der Waals surface area (Å²) in [5.74, 6) is -0.805. The lowest BCUT2D eigenvalue weighted by Crippen LogP contribution is -2.44. The van der Waals surface area contributed by atoms with Gasteiger partial charge in [-0.1, -0.05) is 23.7 Å². The number of hydrogen-bond acceptors (Lipinski definition) is 4. The number of anilines is 1. The Bertz CT molecular complexity index is 536. The number of imide groups is 1. The lowest BCUT2D eigenvalue weighted by atomic mass is 10.3. The van der Waals surface area contributed by atoms with E-state index in [4.69, 9.17) is 11.6 Å². The molecule has 0 bridgehead atoms. The van der Waals surface area contributed by atoms with Crippen molar-refractivity contribution in [2.75, 3.05) is 32.5 Å². The molecule has 0 fully saturated rings. The van der Waals surface area contributed by atoms with Crippen molar-refractivity contribution in [3.05, 3.63) is 29.3 Å². The molecular formula is C13H17ClN4O3. The maximum absolute atomic E-state index is 11.8. The van der Waals surface area contributed by atoms with Crippen molar-refractivity contribution in [1.82, 2.24) is 15.5 Å². The number of carbonyl (C=O) groups excluding carboxylic acids is 3. The standard InChI is InChI=1S/C13H17ClN4O3/c1-15-13(21)17-12(20)8-18(2)7-11(19)16-10-6-4-3-5-9(10)14/h3-6H,7-8H2,1-2H3,(H,16,19)(H2,15,17,20,21). The second-order valence-corrected chi connectivity index (χ2v) is 4.73. The molecule has 0 aliphatic carbocycles. The van der Waals surface area contributed by atoms with Gasteiger partial charge in [-0.15, -0.1) is 0 Å². The van der Waals surface area contributed by atoms with Gasteiger partial charge in [0.25, 0.3) is 0 Å². The number of amides is 4. The van der Waals surface area contributed by atoms with E-state index >= 15 is 0 Å². The SMILES string of the molecule is CNC(=O)NC(=O)CN(C)CC(=O)Nc1ccccc1Cl. The van der Waals surface area contributed by atoms with E-state index in [2.05, 4.69) is 16.0 Å². The molecule has 0 atom stereocenters. The summed E-state index contributed by atoms with van der Waals surface area (Å²) in [4.78, 5) is 35.7. The Balaban J connectivity index is 2.42. The van der Waals surface area contributed by atoms with Crippen molar-refractivity contribution in [3.8, 4) is 0 Å². The van der Waals surface area contributed by atoms with E-state index in [0.717, 1.165) is 0 Å². The Morgan fingerprint density at radius 2 is 1.76 bits per heavy atom. The molecule has 7 nitrogen and oxygen atoms in total. The normalized spacial score (nSPS) is 10.1. The second-order valence-electron chi connectivity index (χ2n) is 4.33. The lowest BCUT2D eigenvalue weighted by Gasteiger charge is -2.15. The molecule has 3 N–H and O–H groups in total. The molecule has 114 valence electrons. The molecule has 4 amide bonds. The first kappa shape index (κ1) is 16.9. The molecule has 21 heavy (non-hydrogen) atoms. The summed E-state index contributed by atoms with van der Waals surface area (Å²) in [5, 5.41) is 7.45. The van der Waals surface area contributed by atoms with E-state index in [1.165, 1.54) is 11.9 Å². The lowest BCUT2D eigenvalue weighted by molar-refractivity contribution is -0.122. The van der Waals surface area contributed by atoms with Crippen LogP contribution in [-0.2, 0) is 9.59 Å². The third-order valence-electron chi connectivity index (χ3n) is 2.46. The zero-order chi connectivity index (χ0) is 15.8. The maximum Gasteiger partial charge on any atom is 0.321 e. The highest BCUT2D eigenvalue weighted by molar-refractivity contribution is 6.33. The average molecular weight is 313 g/mol. The number of para-hydroxylation sites is 1. The van der Waals surface area contributed by atoms with Gasteiger partial charge < -0.3 is 10.6 Å². The highest BCUT2D eigenvalue weighted by Crippen LogP contribution is 2.20. The third-order valence-corrected chi connectivity index (χ3v) is 2.78. The van der Waals surface area contributed by atoms with E-state index < -0.39 is 11.9 Å². The van der Waals surface area contributed by atoms with Gasteiger partial charge in [-0.3, -0.25) is 19.8 Å². The third kappa shape index (κ3) is 6.24. The number of nitrogens with zero attached hydrogens (tertiary/aromatic N) is 1. The van der Waals surface area contributed by atoms with Crippen LogP contribution in [0.4, 0.5) is 10.5 Å². The number of benzene rings is 1. The van der Waals surface area contributed by atoms with Crippen molar-refractivity contribution in [2.24, 2.45) is 0 Å². The maximum atomic E-state index is 11.8. The summed E-state index contributed by atoms with van der Waals surface area (Å²) in [5.41, 5.74) is 0.507. The molecule has 0 aromatic heterocycles. The van der Waals surface area contributed by atoms with Crippen molar-refractivity contribution in [3.63, 3.8) is 0 Å². The quantitative estimate of drug-likeness (QED) is 0.745. The number of halogens is 1. The molecule has 0 aliphatic heterocycles. The summed E-state index contributed by atoms with van der Waals surface area (Å²) in [6.45, 7) is -0.0876. The van der Waals surface area contributed by atoms with Crippen molar-refractivity contribution < 1.29 is 14.4 Å². The van der Waals surface area contributed by atoms with Crippen LogP contribution in [0.1, 0.15) is 0 Å². The number of urea groups is 1. The smallest absolute Gasteiger partial charge is 0.321 e. The number of likely N-dealkylation sites (N-methyl/N-ethyl adjacent to an activating group) is 1. The molecule has 0 unspecified atom stereocenters. The van der Waals surface area contributed by atoms with Gasteiger partial charge in [-0.05, 0) is 19.2 Å². The fraction of sp³-hybridized carbons (Fsp3) is 0.308. The summed E-state index contributed by atoms with van der Waals surface area (Å²) >= 11 is 5.93. The van der Waals surface area contributed by atoms with Gasteiger partial charge in [0.15, 0.2) is 0 Å².